The van der Waals surface area contributed by atoms with Crippen molar-refractivity contribution in [1.82, 2.24) is 4.90 Å². The van der Waals surface area contributed by atoms with Crippen molar-refractivity contribution in [2.45, 2.75) is 0 Å². The second-order valence-electron chi connectivity index (χ2n) is 6.59. The van der Waals surface area contributed by atoms with Crippen LogP contribution in [0.5, 0.6) is 5.75 Å². The summed E-state index contributed by atoms with van der Waals surface area (Å²) in [7, 11) is 0. The van der Waals surface area contributed by atoms with Crippen LogP contribution >= 0.6 is 27.5 Å². The Bertz CT molecular complexity index is 1010. The maximum Gasteiger partial charge on any atom is 0.264 e. The number of nitriles is 1. The maximum atomic E-state index is 12.9. The molecular weight excluding hydrogens is 466 g/mol. The predicted octanol–water partition coefficient (Wildman–Crippen LogP) is 4.37. The molecule has 0 N–H and O–H groups in total. The standard InChI is InChI=1S/C23H19BrClN3O2/c1-2-12-30-22-20(24)14-17(15-21(22)25)13-18(16-26)23(29)28-10-8-27(9-11-28)19-6-4-3-5-7-19/h1,3-7,13-15H,8-12H2/b18-13-. The summed E-state index contributed by atoms with van der Waals surface area (Å²) in [5, 5.41) is 9.90. The highest BCUT2D eigenvalue weighted by Gasteiger charge is 2.24. The molecule has 1 fully saturated rings. The van der Waals surface area contributed by atoms with Gasteiger partial charge in [0.2, 0.25) is 0 Å². The zero-order chi connectivity index (χ0) is 21.5. The highest BCUT2D eigenvalue weighted by molar-refractivity contribution is 9.10. The largest absolute Gasteiger partial charge is 0.478 e. The molecule has 1 saturated heterocycles. The van der Waals surface area contributed by atoms with Gasteiger partial charge in [0.1, 0.15) is 18.2 Å². The van der Waals surface area contributed by atoms with E-state index >= 15 is 0 Å². The highest BCUT2D eigenvalue weighted by Crippen LogP contribution is 2.35. The zero-order valence-corrected chi connectivity index (χ0v) is 18.5. The minimum absolute atomic E-state index is 0.0587. The van der Waals surface area contributed by atoms with Gasteiger partial charge in [0, 0.05) is 31.9 Å². The first-order valence-electron chi connectivity index (χ1n) is 9.30. The Hall–Kier alpha value is -2.93. The fourth-order valence-electron chi connectivity index (χ4n) is 3.20. The third-order valence-electron chi connectivity index (χ3n) is 4.67. The first-order valence-corrected chi connectivity index (χ1v) is 10.5. The number of rotatable bonds is 5. The normalized spacial score (nSPS) is 14.1. The van der Waals surface area contributed by atoms with Gasteiger partial charge in [-0.05, 0) is 51.8 Å². The van der Waals surface area contributed by atoms with Crippen molar-refractivity contribution in [1.29, 1.82) is 5.26 Å². The number of para-hydroxylation sites is 1. The average molecular weight is 485 g/mol. The number of hydrogen-bond acceptors (Lipinski definition) is 4. The maximum absolute atomic E-state index is 12.9. The summed E-state index contributed by atoms with van der Waals surface area (Å²) in [6, 6.07) is 15.5. The lowest BCUT2D eigenvalue weighted by Crippen LogP contribution is -2.49. The van der Waals surface area contributed by atoms with Crippen molar-refractivity contribution < 1.29 is 9.53 Å². The first-order chi connectivity index (χ1) is 14.5. The molecule has 0 radical (unpaired) electrons. The van der Waals surface area contributed by atoms with Crippen molar-refractivity contribution in [2.24, 2.45) is 0 Å². The van der Waals surface area contributed by atoms with E-state index < -0.39 is 0 Å². The second kappa shape index (κ2) is 10.2. The molecule has 0 bridgehead atoms. The quantitative estimate of drug-likeness (QED) is 0.359. The summed E-state index contributed by atoms with van der Waals surface area (Å²) in [4.78, 5) is 16.8. The van der Waals surface area contributed by atoms with Gasteiger partial charge in [0.15, 0.2) is 5.75 Å². The Balaban J connectivity index is 1.72. The van der Waals surface area contributed by atoms with Crippen LogP contribution in [0.4, 0.5) is 5.69 Å². The summed E-state index contributed by atoms with van der Waals surface area (Å²) in [5.74, 6) is 2.52. The molecule has 0 unspecified atom stereocenters. The molecule has 3 rings (SSSR count). The minimum atomic E-state index is -0.287. The number of amides is 1. The van der Waals surface area contributed by atoms with Crippen molar-refractivity contribution in [2.75, 3.05) is 37.7 Å². The van der Waals surface area contributed by atoms with Crippen LogP contribution in [0.25, 0.3) is 6.08 Å². The van der Waals surface area contributed by atoms with E-state index in [1.54, 1.807) is 17.0 Å². The fourth-order valence-corrected chi connectivity index (χ4v) is 4.19. The van der Waals surface area contributed by atoms with Crippen molar-refractivity contribution in [3.05, 3.63) is 63.1 Å². The van der Waals surface area contributed by atoms with Gasteiger partial charge >= 0.3 is 0 Å². The number of piperazine rings is 1. The Morgan fingerprint density at radius 2 is 1.93 bits per heavy atom. The number of anilines is 1. The summed E-state index contributed by atoms with van der Waals surface area (Å²) >= 11 is 9.65. The summed E-state index contributed by atoms with van der Waals surface area (Å²) in [6.45, 7) is 2.62. The van der Waals surface area contributed by atoms with E-state index in [0.717, 1.165) is 5.69 Å². The molecule has 2 aromatic carbocycles. The van der Waals surface area contributed by atoms with Crippen LogP contribution in [0.2, 0.25) is 5.02 Å². The number of terminal acetylenes is 1. The molecule has 1 amide bonds. The van der Waals surface area contributed by atoms with E-state index in [2.05, 4.69) is 38.9 Å². The van der Waals surface area contributed by atoms with Crippen LogP contribution in [-0.2, 0) is 4.79 Å². The molecule has 2 aromatic rings. The van der Waals surface area contributed by atoms with E-state index in [1.165, 1.54) is 6.08 Å². The van der Waals surface area contributed by atoms with Gasteiger partial charge in [-0.2, -0.15) is 5.26 Å². The Morgan fingerprint density at radius 3 is 2.53 bits per heavy atom. The lowest BCUT2D eigenvalue weighted by molar-refractivity contribution is -0.126. The number of hydrogen-bond donors (Lipinski definition) is 0. The number of carbonyl (C=O) groups is 1. The monoisotopic (exact) mass is 483 g/mol. The molecule has 152 valence electrons. The number of carbonyl (C=O) groups excluding carboxylic acids is 1. The number of halogens is 2. The molecule has 1 aliphatic rings. The van der Waals surface area contributed by atoms with Crippen molar-refractivity contribution in [3.8, 4) is 24.2 Å². The number of benzene rings is 2. The number of ether oxygens (including phenoxy) is 1. The van der Waals surface area contributed by atoms with Gasteiger partial charge in [-0.25, -0.2) is 0 Å². The predicted molar refractivity (Wildman–Crippen MR) is 122 cm³/mol. The molecular formula is C23H19BrClN3O2. The zero-order valence-electron chi connectivity index (χ0n) is 16.1. The Morgan fingerprint density at radius 1 is 1.23 bits per heavy atom. The molecule has 0 aliphatic carbocycles. The third-order valence-corrected chi connectivity index (χ3v) is 5.54. The molecule has 1 heterocycles. The molecule has 0 spiro atoms. The van der Waals surface area contributed by atoms with E-state index in [4.69, 9.17) is 22.8 Å². The van der Waals surface area contributed by atoms with Gasteiger partial charge in [-0.3, -0.25) is 4.79 Å². The van der Waals surface area contributed by atoms with Crippen LogP contribution in [0.15, 0.2) is 52.5 Å². The van der Waals surface area contributed by atoms with Gasteiger partial charge in [-0.1, -0.05) is 35.7 Å². The minimum Gasteiger partial charge on any atom is -0.478 e. The van der Waals surface area contributed by atoms with Crippen molar-refractivity contribution in [3.63, 3.8) is 0 Å². The molecule has 0 atom stereocenters. The summed E-state index contributed by atoms with van der Waals surface area (Å²) < 4.78 is 6.01. The summed E-state index contributed by atoms with van der Waals surface area (Å²) in [5.41, 5.74) is 1.81. The van der Waals surface area contributed by atoms with Crippen LogP contribution < -0.4 is 9.64 Å². The lowest BCUT2D eigenvalue weighted by atomic mass is 10.1. The van der Waals surface area contributed by atoms with Crippen LogP contribution in [0.3, 0.4) is 0 Å². The molecule has 0 saturated carbocycles. The molecule has 30 heavy (non-hydrogen) atoms. The van der Waals surface area contributed by atoms with E-state index in [9.17, 15) is 10.1 Å². The first kappa shape index (κ1) is 21.8. The van der Waals surface area contributed by atoms with Gasteiger partial charge < -0.3 is 14.5 Å². The Labute approximate surface area is 189 Å². The van der Waals surface area contributed by atoms with Crippen LogP contribution in [0, 0.1) is 23.7 Å². The van der Waals surface area contributed by atoms with Crippen molar-refractivity contribution >= 4 is 45.2 Å². The van der Waals surface area contributed by atoms with E-state index in [0.29, 0.717) is 47.0 Å². The van der Waals surface area contributed by atoms with Gasteiger partial charge in [0.05, 0.1) is 9.50 Å². The highest BCUT2D eigenvalue weighted by atomic mass is 79.9. The smallest absolute Gasteiger partial charge is 0.264 e. The van der Waals surface area contributed by atoms with Crippen LogP contribution in [0.1, 0.15) is 5.56 Å². The number of nitrogens with zero attached hydrogens (tertiary/aromatic N) is 3. The van der Waals surface area contributed by atoms with Crippen LogP contribution in [-0.4, -0.2) is 43.6 Å². The van der Waals surface area contributed by atoms with Gasteiger partial charge in [0.25, 0.3) is 5.91 Å². The fraction of sp³-hybridized carbons (Fsp3) is 0.217. The van der Waals surface area contributed by atoms with E-state index in [-0.39, 0.29) is 18.1 Å². The van der Waals surface area contributed by atoms with E-state index in [1.807, 2.05) is 24.3 Å². The topological polar surface area (TPSA) is 56.6 Å². The molecule has 5 nitrogen and oxygen atoms in total. The lowest BCUT2D eigenvalue weighted by Gasteiger charge is -2.36. The summed E-state index contributed by atoms with van der Waals surface area (Å²) in [6.07, 6.45) is 6.75. The molecule has 7 heteroatoms. The average Bonchev–Trinajstić information content (AvgIpc) is 2.77. The third kappa shape index (κ3) is 5.16. The molecule has 1 aliphatic heterocycles. The van der Waals surface area contributed by atoms with Gasteiger partial charge in [-0.15, -0.1) is 6.42 Å². The molecule has 0 aromatic heterocycles. The SMILES string of the molecule is C#CCOc1c(Cl)cc(/C=C(/C#N)C(=O)N2CCN(c3ccccc3)CC2)cc1Br. The second-order valence-corrected chi connectivity index (χ2v) is 7.85. The Kier molecular flexibility index (Phi) is 7.41.